The van der Waals surface area contributed by atoms with Gasteiger partial charge in [-0.1, -0.05) is 12.1 Å². The molecule has 1 heterocycles. The van der Waals surface area contributed by atoms with Crippen LogP contribution in [-0.2, 0) is 4.79 Å². The summed E-state index contributed by atoms with van der Waals surface area (Å²) in [5.74, 6) is 0.282. The van der Waals surface area contributed by atoms with Gasteiger partial charge in [0.1, 0.15) is 17.1 Å². The highest BCUT2D eigenvalue weighted by Crippen LogP contribution is 2.31. The number of aromatic nitrogens is 1. The number of ether oxygens (including phenoxy) is 1. The molecule has 0 saturated heterocycles. The molecule has 0 radical (unpaired) electrons. The largest absolute Gasteiger partial charge is 0.481 e. The van der Waals surface area contributed by atoms with Gasteiger partial charge in [0.25, 0.3) is 5.91 Å². The number of benzene rings is 2. The van der Waals surface area contributed by atoms with E-state index < -0.39 is 5.97 Å². The number of rotatable bonds is 6. The number of nitrogens with zero attached hydrogens (tertiary/aromatic N) is 1. The Morgan fingerprint density at radius 1 is 1.15 bits per heavy atom. The number of hydrogen-bond acceptors (Lipinski definition) is 5. The van der Waals surface area contributed by atoms with E-state index in [0.29, 0.717) is 28.4 Å². The standard InChI is InChI=1S/C20H19N3O4/c1-12-11-14(20(26)22-10-9-18(24)25)5-7-15(12)27-16-4-2-3-13-6-8-17(21)23-19(13)16/h2-8,11H,9-10H2,1H3,(H2,21,23)(H,22,26)(H,24,25). The van der Waals surface area contributed by atoms with Crippen LogP contribution in [0.3, 0.4) is 0 Å². The van der Waals surface area contributed by atoms with Crippen molar-refractivity contribution >= 4 is 28.6 Å². The number of aryl methyl sites for hydroxylation is 1. The van der Waals surface area contributed by atoms with E-state index in [4.69, 9.17) is 15.6 Å². The average molecular weight is 365 g/mol. The number of carboxylic acids is 1. The fraction of sp³-hybridized carbons (Fsp3) is 0.150. The first-order valence-electron chi connectivity index (χ1n) is 8.38. The maximum Gasteiger partial charge on any atom is 0.305 e. The molecular formula is C20H19N3O4. The number of para-hydroxylation sites is 1. The highest BCUT2D eigenvalue weighted by molar-refractivity contribution is 5.94. The molecule has 138 valence electrons. The van der Waals surface area contributed by atoms with Gasteiger partial charge < -0.3 is 20.9 Å². The predicted molar refractivity (Wildman–Crippen MR) is 102 cm³/mol. The molecule has 0 spiro atoms. The van der Waals surface area contributed by atoms with Gasteiger partial charge in [0.15, 0.2) is 5.75 Å². The lowest BCUT2D eigenvalue weighted by atomic mass is 10.1. The van der Waals surface area contributed by atoms with E-state index in [0.717, 1.165) is 10.9 Å². The summed E-state index contributed by atoms with van der Waals surface area (Å²) in [6, 6.07) is 14.2. The fourth-order valence-electron chi connectivity index (χ4n) is 2.63. The van der Waals surface area contributed by atoms with Crippen LogP contribution in [0.1, 0.15) is 22.3 Å². The number of amides is 1. The van der Waals surface area contributed by atoms with Crippen molar-refractivity contribution in [3.8, 4) is 11.5 Å². The van der Waals surface area contributed by atoms with Gasteiger partial charge in [-0.05, 0) is 48.9 Å². The highest BCUT2D eigenvalue weighted by Gasteiger charge is 2.11. The number of pyridine rings is 1. The summed E-state index contributed by atoms with van der Waals surface area (Å²) in [5.41, 5.74) is 7.64. The SMILES string of the molecule is Cc1cc(C(=O)NCCC(=O)O)ccc1Oc1cccc2ccc(N)nc12. The molecule has 3 rings (SSSR count). The van der Waals surface area contributed by atoms with Gasteiger partial charge in [-0.3, -0.25) is 9.59 Å². The zero-order chi connectivity index (χ0) is 19.4. The minimum absolute atomic E-state index is 0.0779. The van der Waals surface area contributed by atoms with Gasteiger partial charge in [0, 0.05) is 17.5 Å². The van der Waals surface area contributed by atoms with Crippen molar-refractivity contribution in [1.82, 2.24) is 10.3 Å². The number of carbonyl (C=O) groups is 2. The Morgan fingerprint density at radius 3 is 2.70 bits per heavy atom. The van der Waals surface area contributed by atoms with Crippen LogP contribution in [0.5, 0.6) is 11.5 Å². The number of nitrogen functional groups attached to an aromatic ring is 1. The number of carbonyl (C=O) groups excluding carboxylic acids is 1. The molecule has 4 N–H and O–H groups in total. The summed E-state index contributed by atoms with van der Waals surface area (Å²) in [7, 11) is 0. The van der Waals surface area contributed by atoms with E-state index in [2.05, 4.69) is 10.3 Å². The molecule has 0 unspecified atom stereocenters. The molecule has 0 fully saturated rings. The maximum absolute atomic E-state index is 12.1. The molecule has 2 aromatic carbocycles. The molecule has 1 amide bonds. The van der Waals surface area contributed by atoms with Crippen LogP contribution < -0.4 is 15.8 Å². The van der Waals surface area contributed by atoms with Crippen molar-refractivity contribution in [3.05, 3.63) is 59.7 Å². The molecule has 0 aliphatic rings. The smallest absolute Gasteiger partial charge is 0.305 e. The summed E-state index contributed by atoms with van der Waals surface area (Å²) in [6.45, 7) is 1.91. The van der Waals surface area contributed by atoms with Crippen molar-refractivity contribution < 1.29 is 19.4 Å². The molecule has 7 heteroatoms. The fourth-order valence-corrected chi connectivity index (χ4v) is 2.63. The molecule has 0 aliphatic heterocycles. The molecule has 0 aliphatic carbocycles. The van der Waals surface area contributed by atoms with Gasteiger partial charge in [-0.25, -0.2) is 4.98 Å². The molecule has 0 atom stereocenters. The second-order valence-corrected chi connectivity index (χ2v) is 6.05. The number of anilines is 1. The van der Waals surface area contributed by atoms with Crippen LogP contribution in [0.15, 0.2) is 48.5 Å². The molecular weight excluding hydrogens is 346 g/mol. The topological polar surface area (TPSA) is 115 Å². The third-order valence-corrected chi connectivity index (χ3v) is 3.99. The van der Waals surface area contributed by atoms with Gasteiger partial charge >= 0.3 is 5.97 Å². The summed E-state index contributed by atoms with van der Waals surface area (Å²) in [5, 5.41) is 12.1. The van der Waals surface area contributed by atoms with Crippen molar-refractivity contribution in [3.63, 3.8) is 0 Å². The molecule has 3 aromatic rings. The first-order valence-corrected chi connectivity index (χ1v) is 8.38. The van der Waals surface area contributed by atoms with Crippen molar-refractivity contribution in [2.24, 2.45) is 0 Å². The van der Waals surface area contributed by atoms with Gasteiger partial charge in [0.05, 0.1) is 6.42 Å². The Labute approximate surface area is 155 Å². The summed E-state index contributed by atoms with van der Waals surface area (Å²) in [6.07, 6.45) is -0.122. The van der Waals surface area contributed by atoms with Gasteiger partial charge in [-0.2, -0.15) is 0 Å². The Hall–Kier alpha value is -3.61. The number of nitrogens with two attached hydrogens (primary N) is 1. The van der Waals surface area contributed by atoms with E-state index in [1.54, 1.807) is 30.3 Å². The normalized spacial score (nSPS) is 10.6. The van der Waals surface area contributed by atoms with E-state index in [1.807, 2.05) is 25.1 Å². The van der Waals surface area contributed by atoms with Crippen molar-refractivity contribution in [2.75, 3.05) is 12.3 Å². The van der Waals surface area contributed by atoms with Gasteiger partial charge in [-0.15, -0.1) is 0 Å². The minimum Gasteiger partial charge on any atom is -0.481 e. The summed E-state index contributed by atoms with van der Waals surface area (Å²) in [4.78, 5) is 27.0. The Bertz CT molecular complexity index is 1020. The van der Waals surface area contributed by atoms with E-state index in [-0.39, 0.29) is 18.9 Å². The second kappa shape index (κ2) is 7.74. The van der Waals surface area contributed by atoms with Crippen LogP contribution in [0.2, 0.25) is 0 Å². The summed E-state index contributed by atoms with van der Waals surface area (Å²) >= 11 is 0. The third kappa shape index (κ3) is 4.33. The van der Waals surface area contributed by atoms with Gasteiger partial charge in [0.2, 0.25) is 0 Å². The van der Waals surface area contributed by atoms with Crippen LogP contribution in [0, 0.1) is 6.92 Å². The minimum atomic E-state index is -0.959. The zero-order valence-electron chi connectivity index (χ0n) is 14.7. The quantitative estimate of drug-likeness (QED) is 0.618. The van der Waals surface area contributed by atoms with Crippen molar-refractivity contribution in [1.29, 1.82) is 0 Å². The van der Waals surface area contributed by atoms with E-state index in [1.165, 1.54) is 0 Å². The maximum atomic E-state index is 12.1. The summed E-state index contributed by atoms with van der Waals surface area (Å²) < 4.78 is 6.00. The van der Waals surface area contributed by atoms with E-state index >= 15 is 0 Å². The molecule has 27 heavy (non-hydrogen) atoms. The first kappa shape index (κ1) is 18.2. The molecule has 0 saturated carbocycles. The zero-order valence-corrected chi connectivity index (χ0v) is 14.7. The van der Waals surface area contributed by atoms with Crippen LogP contribution in [-0.4, -0.2) is 28.5 Å². The number of carboxylic acid groups (broad SMARTS) is 1. The average Bonchev–Trinajstić information content (AvgIpc) is 2.63. The van der Waals surface area contributed by atoms with Crippen LogP contribution in [0.4, 0.5) is 5.82 Å². The Balaban J connectivity index is 1.80. The number of hydrogen-bond donors (Lipinski definition) is 3. The lowest BCUT2D eigenvalue weighted by Crippen LogP contribution is -2.26. The second-order valence-electron chi connectivity index (χ2n) is 6.05. The molecule has 0 bridgehead atoms. The highest BCUT2D eigenvalue weighted by atomic mass is 16.5. The Kier molecular flexibility index (Phi) is 5.21. The lowest BCUT2D eigenvalue weighted by molar-refractivity contribution is -0.136. The third-order valence-electron chi connectivity index (χ3n) is 3.99. The molecule has 7 nitrogen and oxygen atoms in total. The Morgan fingerprint density at radius 2 is 1.96 bits per heavy atom. The number of fused-ring (bicyclic) bond motifs is 1. The van der Waals surface area contributed by atoms with Crippen LogP contribution >= 0.6 is 0 Å². The lowest BCUT2D eigenvalue weighted by Gasteiger charge is -2.12. The van der Waals surface area contributed by atoms with Crippen molar-refractivity contribution in [2.45, 2.75) is 13.3 Å². The molecule has 1 aromatic heterocycles. The van der Waals surface area contributed by atoms with E-state index in [9.17, 15) is 9.59 Å². The predicted octanol–water partition coefficient (Wildman–Crippen LogP) is 3.12. The first-order chi connectivity index (χ1) is 12.9. The number of nitrogens with one attached hydrogen (secondary N) is 1. The monoisotopic (exact) mass is 365 g/mol. The van der Waals surface area contributed by atoms with Crippen LogP contribution in [0.25, 0.3) is 10.9 Å². The number of aliphatic carboxylic acids is 1.